The highest BCUT2D eigenvalue weighted by atomic mass is 32.2. The van der Waals surface area contributed by atoms with E-state index in [1.807, 2.05) is 32.0 Å². The molecule has 0 radical (unpaired) electrons. The standard InChI is InChI=1S/C27H33FN4O2S/c1-19-25(18-21-7-6-8-23(28)17-21)26(30-20(2)29-19)31-13-15-32(16-14-31)35(33,34)24-11-9-22(10-12-24)27(3,4)5/h6-12,17H,13-16,18H2,1-5H3. The fraction of sp³-hybridized carbons (Fsp3) is 0.407. The van der Waals surface area contributed by atoms with Crippen molar-refractivity contribution >= 4 is 15.8 Å². The van der Waals surface area contributed by atoms with Crippen LogP contribution in [0.15, 0.2) is 53.4 Å². The zero-order valence-corrected chi connectivity index (χ0v) is 21.9. The SMILES string of the molecule is Cc1nc(C)c(Cc2cccc(F)c2)c(N2CCN(S(=O)(=O)c3ccc(C(C)(C)C)cc3)CC2)n1. The van der Waals surface area contributed by atoms with E-state index in [1.54, 1.807) is 22.5 Å². The van der Waals surface area contributed by atoms with E-state index in [-0.39, 0.29) is 11.2 Å². The highest BCUT2D eigenvalue weighted by Gasteiger charge is 2.30. The van der Waals surface area contributed by atoms with Crippen LogP contribution in [0, 0.1) is 19.7 Å². The molecule has 6 nitrogen and oxygen atoms in total. The molecule has 4 rings (SSSR count). The third kappa shape index (κ3) is 5.54. The van der Waals surface area contributed by atoms with Gasteiger partial charge in [-0.1, -0.05) is 45.0 Å². The second kappa shape index (κ2) is 9.66. The Morgan fingerprint density at radius 2 is 1.60 bits per heavy atom. The topological polar surface area (TPSA) is 66.4 Å². The molecular weight excluding hydrogens is 463 g/mol. The number of rotatable bonds is 5. The molecule has 1 aliphatic heterocycles. The molecule has 0 atom stereocenters. The summed E-state index contributed by atoms with van der Waals surface area (Å²) < 4.78 is 41.9. The molecule has 186 valence electrons. The highest BCUT2D eigenvalue weighted by molar-refractivity contribution is 7.89. The summed E-state index contributed by atoms with van der Waals surface area (Å²) in [5, 5.41) is 0. The summed E-state index contributed by atoms with van der Waals surface area (Å²) in [7, 11) is -3.58. The molecule has 0 amide bonds. The first-order valence-corrected chi connectivity index (χ1v) is 13.3. The Kier molecular flexibility index (Phi) is 6.97. The Bertz CT molecular complexity index is 1310. The first kappa shape index (κ1) is 25.3. The molecule has 0 aliphatic carbocycles. The van der Waals surface area contributed by atoms with Crippen LogP contribution in [0.2, 0.25) is 0 Å². The molecule has 0 bridgehead atoms. The van der Waals surface area contributed by atoms with Crippen LogP contribution < -0.4 is 4.90 Å². The van der Waals surface area contributed by atoms with E-state index in [0.717, 1.165) is 28.2 Å². The maximum atomic E-state index is 13.8. The fourth-order valence-corrected chi connectivity index (χ4v) is 5.88. The van der Waals surface area contributed by atoms with Crippen molar-refractivity contribution in [2.24, 2.45) is 0 Å². The van der Waals surface area contributed by atoms with Gasteiger partial charge in [-0.15, -0.1) is 0 Å². The van der Waals surface area contributed by atoms with Crippen molar-refractivity contribution in [3.63, 3.8) is 0 Å². The monoisotopic (exact) mass is 496 g/mol. The Labute approximate surface area is 207 Å². The van der Waals surface area contributed by atoms with Gasteiger partial charge in [0.1, 0.15) is 17.5 Å². The summed E-state index contributed by atoms with van der Waals surface area (Å²) in [4.78, 5) is 11.7. The number of anilines is 1. The third-order valence-electron chi connectivity index (χ3n) is 6.47. The Balaban J connectivity index is 1.53. The van der Waals surface area contributed by atoms with Crippen LogP contribution in [0.25, 0.3) is 0 Å². The summed E-state index contributed by atoms with van der Waals surface area (Å²) in [6.07, 6.45) is 0.512. The average molecular weight is 497 g/mol. The van der Waals surface area contributed by atoms with Gasteiger partial charge >= 0.3 is 0 Å². The lowest BCUT2D eigenvalue weighted by Gasteiger charge is -2.36. The van der Waals surface area contributed by atoms with Crippen molar-refractivity contribution in [3.05, 3.63) is 82.6 Å². The number of nitrogens with zero attached hydrogens (tertiary/aromatic N) is 4. The molecule has 0 unspecified atom stereocenters. The normalized spacial score (nSPS) is 15.4. The molecule has 1 aliphatic rings. The number of aromatic nitrogens is 2. The summed E-state index contributed by atoms with van der Waals surface area (Å²) >= 11 is 0. The average Bonchev–Trinajstić information content (AvgIpc) is 2.80. The Morgan fingerprint density at radius 1 is 0.943 bits per heavy atom. The molecule has 0 saturated carbocycles. The van der Waals surface area contributed by atoms with Crippen LogP contribution in [0.3, 0.4) is 0 Å². The lowest BCUT2D eigenvalue weighted by molar-refractivity contribution is 0.383. The largest absolute Gasteiger partial charge is 0.354 e. The first-order chi connectivity index (χ1) is 16.4. The second-order valence-electron chi connectivity index (χ2n) is 10.1. The van der Waals surface area contributed by atoms with Crippen LogP contribution in [0.1, 0.15) is 49.0 Å². The Morgan fingerprint density at radius 3 is 2.20 bits per heavy atom. The number of sulfonamides is 1. The molecule has 0 spiro atoms. The van der Waals surface area contributed by atoms with E-state index >= 15 is 0 Å². The van der Waals surface area contributed by atoms with Crippen LogP contribution >= 0.6 is 0 Å². The number of benzene rings is 2. The van der Waals surface area contributed by atoms with Crippen molar-refractivity contribution in [2.45, 2.75) is 51.3 Å². The van der Waals surface area contributed by atoms with Crippen molar-refractivity contribution in [1.82, 2.24) is 14.3 Å². The number of halogens is 1. The van der Waals surface area contributed by atoms with Gasteiger partial charge in [0.05, 0.1) is 4.90 Å². The van der Waals surface area contributed by atoms with Crippen molar-refractivity contribution < 1.29 is 12.8 Å². The molecule has 2 aromatic carbocycles. The van der Waals surface area contributed by atoms with E-state index in [9.17, 15) is 12.8 Å². The van der Waals surface area contributed by atoms with Gasteiger partial charge in [0.15, 0.2) is 0 Å². The maximum Gasteiger partial charge on any atom is 0.243 e. The Hall–Kier alpha value is -2.84. The lowest BCUT2D eigenvalue weighted by atomic mass is 9.87. The van der Waals surface area contributed by atoms with Crippen LogP contribution in [0.5, 0.6) is 0 Å². The van der Waals surface area contributed by atoms with Gasteiger partial charge < -0.3 is 4.90 Å². The zero-order chi connectivity index (χ0) is 25.4. The van der Waals surface area contributed by atoms with Gasteiger partial charge in [0, 0.05) is 43.9 Å². The summed E-state index contributed by atoms with van der Waals surface area (Å²) in [6, 6.07) is 13.8. The minimum atomic E-state index is -3.58. The van der Waals surface area contributed by atoms with Gasteiger partial charge in [-0.25, -0.2) is 22.8 Å². The number of piperazine rings is 1. The molecule has 0 N–H and O–H groups in total. The third-order valence-corrected chi connectivity index (χ3v) is 8.38. The maximum absolute atomic E-state index is 13.8. The lowest BCUT2D eigenvalue weighted by Crippen LogP contribution is -2.49. The predicted octanol–water partition coefficient (Wildman–Crippen LogP) is 4.63. The van der Waals surface area contributed by atoms with E-state index in [1.165, 1.54) is 12.1 Å². The van der Waals surface area contributed by atoms with Gasteiger partial charge in [0.25, 0.3) is 0 Å². The van der Waals surface area contributed by atoms with E-state index < -0.39 is 10.0 Å². The summed E-state index contributed by atoms with van der Waals surface area (Å²) in [6.45, 7) is 11.9. The van der Waals surface area contributed by atoms with Crippen molar-refractivity contribution in [2.75, 3.05) is 31.1 Å². The molecule has 2 heterocycles. The molecule has 8 heteroatoms. The number of hydrogen-bond acceptors (Lipinski definition) is 5. The quantitative estimate of drug-likeness (QED) is 0.515. The minimum Gasteiger partial charge on any atom is -0.354 e. The minimum absolute atomic E-state index is 0.0368. The van der Waals surface area contributed by atoms with E-state index in [4.69, 9.17) is 4.98 Å². The van der Waals surface area contributed by atoms with E-state index in [2.05, 4.69) is 30.7 Å². The summed E-state index contributed by atoms with van der Waals surface area (Å²) in [5.41, 5.74) is 3.70. The summed E-state index contributed by atoms with van der Waals surface area (Å²) in [5.74, 6) is 1.18. The van der Waals surface area contributed by atoms with Crippen molar-refractivity contribution in [1.29, 1.82) is 0 Å². The highest BCUT2D eigenvalue weighted by Crippen LogP contribution is 2.28. The van der Waals surface area contributed by atoms with Crippen LogP contribution in [-0.4, -0.2) is 48.9 Å². The molecule has 3 aromatic rings. The van der Waals surface area contributed by atoms with Crippen LogP contribution in [-0.2, 0) is 21.9 Å². The number of aryl methyl sites for hydroxylation is 2. The molecule has 1 fully saturated rings. The van der Waals surface area contributed by atoms with Crippen LogP contribution in [0.4, 0.5) is 10.2 Å². The number of hydrogen-bond donors (Lipinski definition) is 0. The van der Waals surface area contributed by atoms with Crippen molar-refractivity contribution in [3.8, 4) is 0 Å². The van der Waals surface area contributed by atoms with Gasteiger partial charge in [0.2, 0.25) is 10.0 Å². The molecule has 1 aromatic heterocycles. The van der Waals surface area contributed by atoms with Gasteiger partial charge in [-0.3, -0.25) is 0 Å². The van der Waals surface area contributed by atoms with E-state index in [0.29, 0.717) is 43.3 Å². The second-order valence-corrected chi connectivity index (χ2v) is 12.1. The van der Waals surface area contributed by atoms with Gasteiger partial charge in [-0.2, -0.15) is 4.31 Å². The molecule has 35 heavy (non-hydrogen) atoms. The zero-order valence-electron chi connectivity index (χ0n) is 21.0. The van der Waals surface area contributed by atoms with Gasteiger partial charge in [-0.05, 0) is 54.7 Å². The predicted molar refractivity (Wildman–Crippen MR) is 137 cm³/mol. The fourth-order valence-electron chi connectivity index (χ4n) is 4.45. The molecular formula is C27H33FN4O2S. The first-order valence-electron chi connectivity index (χ1n) is 11.9. The smallest absolute Gasteiger partial charge is 0.243 e. The molecule has 1 saturated heterocycles.